The van der Waals surface area contributed by atoms with Crippen molar-refractivity contribution in [3.63, 3.8) is 0 Å². The van der Waals surface area contributed by atoms with Gasteiger partial charge in [0.1, 0.15) is 22.3 Å². The van der Waals surface area contributed by atoms with Gasteiger partial charge in [0.15, 0.2) is 0 Å². The first-order chi connectivity index (χ1) is 8.06. The number of rotatable bonds is 4. The molecule has 0 bridgehead atoms. The van der Waals surface area contributed by atoms with Crippen LogP contribution in [0.25, 0.3) is 0 Å². The minimum Gasteiger partial charge on any atom is -0.389 e. The van der Waals surface area contributed by atoms with Crippen LogP contribution < -0.4 is 11.1 Å². The maximum atomic E-state index is 10.7. The fourth-order valence-corrected chi connectivity index (χ4v) is 1.17. The van der Waals surface area contributed by atoms with Crippen molar-refractivity contribution in [1.29, 1.82) is 5.26 Å². The van der Waals surface area contributed by atoms with Gasteiger partial charge in [0, 0.05) is 12.3 Å². The van der Waals surface area contributed by atoms with Crippen molar-refractivity contribution >= 4 is 28.6 Å². The first-order valence-corrected chi connectivity index (χ1v) is 4.87. The number of nitro benzene ring substituents is 1. The van der Waals surface area contributed by atoms with Crippen molar-refractivity contribution in [3.05, 3.63) is 46.2 Å². The molecule has 0 heterocycles. The summed E-state index contributed by atoms with van der Waals surface area (Å²) >= 11 is 4.63. The minimum atomic E-state index is -0.525. The number of thiocarbonyl (C=S) groups is 1. The normalized spacial score (nSPS) is 10.4. The number of nitrogens with one attached hydrogen (secondary N) is 1. The van der Waals surface area contributed by atoms with Crippen LogP contribution in [-0.2, 0) is 0 Å². The highest BCUT2D eigenvalue weighted by Gasteiger charge is 2.11. The maximum Gasteiger partial charge on any atom is 0.292 e. The number of hydrogen-bond donors (Lipinski definition) is 2. The predicted molar refractivity (Wildman–Crippen MR) is 67.2 cm³/mol. The Labute approximate surface area is 102 Å². The second-order valence-electron chi connectivity index (χ2n) is 2.95. The fourth-order valence-electron chi connectivity index (χ4n) is 1.06. The quantitative estimate of drug-likeness (QED) is 0.276. The molecule has 0 fully saturated rings. The van der Waals surface area contributed by atoms with Crippen molar-refractivity contribution in [2.75, 3.05) is 5.32 Å². The molecule has 6 nitrogen and oxygen atoms in total. The summed E-state index contributed by atoms with van der Waals surface area (Å²) in [5.74, 6) is 0. The van der Waals surface area contributed by atoms with E-state index in [2.05, 4.69) is 17.5 Å². The molecule has 1 aromatic carbocycles. The standard InChI is InChI=1S/C10H8N4O2S/c11-5-7(10(12)17)6-13-8-3-1-2-4-9(8)14(15)16/h1-4,6,13H,(H2,12,17). The van der Waals surface area contributed by atoms with Crippen LogP contribution in [-0.4, -0.2) is 9.91 Å². The van der Waals surface area contributed by atoms with E-state index in [4.69, 9.17) is 11.0 Å². The Morgan fingerprint density at radius 2 is 2.24 bits per heavy atom. The lowest BCUT2D eigenvalue weighted by Crippen LogP contribution is -2.11. The Morgan fingerprint density at radius 3 is 2.76 bits per heavy atom. The van der Waals surface area contributed by atoms with E-state index in [1.165, 1.54) is 18.3 Å². The number of benzene rings is 1. The van der Waals surface area contributed by atoms with E-state index >= 15 is 0 Å². The lowest BCUT2D eigenvalue weighted by atomic mass is 10.2. The molecular formula is C10H8N4O2S. The van der Waals surface area contributed by atoms with Crippen LogP contribution in [0.4, 0.5) is 11.4 Å². The Hall–Kier alpha value is -2.46. The van der Waals surface area contributed by atoms with E-state index in [9.17, 15) is 10.1 Å². The van der Waals surface area contributed by atoms with Crippen LogP contribution >= 0.6 is 12.2 Å². The number of para-hydroxylation sites is 2. The van der Waals surface area contributed by atoms with Gasteiger partial charge in [-0.3, -0.25) is 10.1 Å². The molecule has 0 aliphatic heterocycles. The molecule has 0 saturated heterocycles. The van der Waals surface area contributed by atoms with Crippen LogP contribution in [0.5, 0.6) is 0 Å². The summed E-state index contributed by atoms with van der Waals surface area (Å²) in [6.07, 6.45) is 1.24. The highest BCUT2D eigenvalue weighted by molar-refractivity contribution is 7.80. The lowest BCUT2D eigenvalue weighted by Gasteiger charge is -2.02. The Balaban J connectivity index is 3.01. The minimum absolute atomic E-state index is 0.0538. The Bertz CT molecular complexity index is 533. The highest BCUT2D eigenvalue weighted by Crippen LogP contribution is 2.23. The van der Waals surface area contributed by atoms with E-state index in [0.29, 0.717) is 0 Å². The summed E-state index contributed by atoms with van der Waals surface area (Å²) in [4.78, 5) is 10.1. The topological polar surface area (TPSA) is 105 Å². The van der Waals surface area contributed by atoms with Gasteiger partial charge in [-0.25, -0.2) is 0 Å². The molecule has 0 aliphatic carbocycles. The largest absolute Gasteiger partial charge is 0.389 e. The molecule has 3 N–H and O–H groups in total. The van der Waals surface area contributed by atoms with Gasteiger partial charge in [-0.2, -0.15) is 5.26 Å². The molecule has 0 unspecified atom stereocenters. The maximum absolute atomic E-state index is 10.7. The fraction of sp³-hybridized carbons (Fsp3) is 0. The van der Waals surface area contributed by atoms with E-state index in [0.717, 1.165) is 0 Å². The molecule has 7 heteroatoms. The van der Waals surface area contributed by atoms with Gasteiger partial charge in [-0.15, -0.1) is 0 Å². The second kappa shape index (κ2) is 5.58. The molecule has 0 spiro atoms. The third-order valence-electron chi connectivity index (χ3n) is 1.86. The zero-order valence-electron chi connectivity index (χ0n) is 8.58. The summed E-state index contributed by atoms with van der Waals surface area (Å²) in [6, 6.07) is 7.83. The van der Waals surface area contributed by atoms with Crippen molar-refractivity contribution < 1.29 is 4.92 Å². The van der Waals surface area contributed by atoms with Gasteiger partial charge >= 0.3 is 0 Å². The average Bonchev–Trinajstić information content (AvgIpc) is 2.29. The summed E-state index contributed by atoms with van der Waals surface area (Å²) in [5, 5.41) is 22.0. The van der Waals surface area contributed by atoms with E-state index in [-0.39, 0.29) is 21.9 Å². The van der Waals surface area contributed by atoms with Crippen LogP contribution in [0, 0.1) is 21.4 Å². The molecule has 0 amide bonds. The Morgan fingerprint density at radius 1 is 1.59 bits per heavy atom. The van der Waals surface area contributed by atoms with Crippen LogP contribution in [0.3, 0.4) is 0 Å². The predicted octanol–water partition coefficient (Wildman–Crippen LogP) is 1.70. The summed E-state index contributed by atoms with van der Waals surface area (Å²) in [7, 11) is 0. The molecule has 86 valence electrons. The van der Waals surface area contributed by atoms with Gasteiger partial charge < -0.3 is 11.1 Å². The molecule has 0 atom stereocenters. The van der Waals surface area contributed by atoms with Crippen molar-refractivity contribution in [2.45, 2.75) is 0 Å². The Kier molecular flexibility index (Phi) is 4.14. The number of nitriles is 1. The van der Waals surface area contributed by atoms with Crippen LogP contribution in [0.2, 0.25) is 0 Å². The monoisotopic (exact) mass is 248 g/mol. The summed E-state index contributed by atoms with van der Waals surface area (Å²) < 4.78 is 0. The number of anilines is 1. The number of nitrogens with two attached hydrogens (primary N) is 1. The van der Waals surface area contributed by atoms with Crippen molar-refractivity contribution in [1.82, 2.24) is 0 Å². The van der Waals surface area contributed by atoms with Gasteiger partial charge in [0.25, 0.3) is 5.69 Å². The molecule has 0 aliphatic rings. The van der Waals surface area contributed by atoms with Crippen molar-refractivity contribution in [3.8, 4) is 6.07 Å². The second-order valence-corrected chi connectivity index (χ2v) is 3.39. The molecule has 1 aromatic rings. The van der Waals surface area contributed by atoms with Crippen LogP contribution in [0.1, 0.15) is 0 Å². The zero-order chi connectivity index (χ0) is 12.8. The molecule has 0 saturated carbocycles. The lowest BCUT2D eigenvalue weighted by molar-refractivity contribution is -0.383. The number of nitro groups is 1. The van der Waals surface area contributed by atoms with Crippen molar-refractivity contribution in [2.24, 2.45) is 5.73 Å². The summed E-state index contributed by atoms with van der Waals surface area (Å²) in [5.41, 5.74) is 5.50. The van der Waals surface area contributed by atoms with Gasteiger partial charge in [0.2, 0.25) is 0 Å². The smallest absolute Gasteiger partial charge is 0.292 e. The molecule has 17 heavy (non-hydrogen) atoms. The number of nitrogens with zero attached hydrogens (tertiary/aromatic N) is 2. The average molecular weight is 248 g/mol. The number of hydrogen-bond acceptors (Lipinski definition) is 5. The highest BCUT2D eigenvalue weighted by atomic mass is 32.1. The van der Waals surface area contributed by atoms with Gasteiger partial charge in [-0.05, 0) is 6.07 Å². The summed E-state index contributed by atoms with van der Waals surface area (Å²) in [6.45, 7) is 0. The zero-order valence-corrected chi connectivity index (χ0v) is 9.40. The SMILES string of the molecule is N#CC(=CNc1ccccc1[N+](=O)[O-])C(N)=S. The van der Waals surface area contributed by atoms with Crippen LogP contribution in [0.15, 0.2) is 36.0 Å². The van der Waals surface area contributed by atoms with E-state index in [1.54, 1.807) is 18.2 Å². The van der Waals surface area contributed by atoms with Gasteiger partial charge in [0.05, 0.1) is 4.92 Å². The molecular weight excluding hydrogens is 240 g/mol. The molecule has 0 aromatic heterocycles. The van der Waals surface area contributed by atoms with E-state index in [1.807, 2.05) is 0 Å². The first kappa shape index (κ1) is 12.6. The molecule has 1 rings (SSSR count). The third kappa shape index (κ3) is 3.25. The first-order valence-electron chi connectivity index (χ1n) is 4.46. The van der Waals surface area contributed by atoms with E-state index < -0.39 is 4.92 Å². The van der Waals surface area contributed by atoms with Gasteiger partial charge in [-0.1, -0.05) is 24.4 Å². The third-order valence-corrected chi connectivity index (χ3v) is 2.08. The molecule has 0 radical (unpaired) electrons.